The first-order valence-electron chi connectivity index (χ1n) is 21.2. The maximum absolute atomic E-state index is 5.21. The highest BCUT2D eigenvalue weighted by atomic mass is 32.1. The highest BCUT2D eigenvalue weighted by Crippen LogP contribution is 2.46. The van der Waals surface area contributed by atoms with E-state index in [9.17, 15) is 0 Å². The smallest absolute Gasteiger partial charge is 0.164 e. The number of thiophene rings is 1. The van der Waals surface area contributed by atoms with Crippen LogP contribution in [0.3, 0.4) is 0 Å². The first-order valence-corrected chi connectivity index (χ1v) is 22.0. The number of hydrogen-bond acceptors (Lipinski definition) is 4. The van der Waals surface area contributed by atoms with Gasteiger partial charge in [-0.3, -0.25) is 0 Å². The van der Waals surface area contributed by atoms with E-state index in [0.29, 0.717) is 17.5 Å². The molecule has 0 amide bonds. The Morgan fingerprint density at radius 3 is 1.59 bits per heavy atom. The molecule has 294 valence electrons. The molecule has 0 aliphatic rings. The van der Waals surface area contributed by atoms with Crippen LogP contribution in [0.15, 0.2) is 212 Å². The maximum Gasteiger partial charge on any atom is 0.164 e. The minimum Gasteiger partial charge on any atom is -0.309 e. The zero-order valence-corrected chi connectivity index (χ0v) is 34.7. The molecule has 0 N–H and O–H groups in total. The van der Waals surface area contributed by atoms with Gasteiger partial charge in [0.2, 0.25) is 0 Å². The van der Waals surface area contributed by atoms with Crippen LogP contribution >= 0.6 is 11.3 Å². The van der Waals surface area contributed by atoms with Crippen LogP contribution in [0.25, 0.3) is 120 Å². The van der Waals surface area contributed by atoms with E-state index >= 15 is 0 Å². The first kappa shape index (κ1) is 35.6. The SMILES string of the molecule is c1ccc(-c2cccc(-c3nc(-c4ccccc4)nc(-c4ccc5c(c4)c4ccc6c(sc7cccc(-n8c9ccccc9c9ccccc98)c76)c4n5-c4ccccc4)n3)c2)cc1. The fourth-order valence-corrected chi connectivity index (χ4v) is 10.8. The average Bonchev–Trinajstić information content (AvgIpc) is 4.02. The monoisotopic (exact) mass is 821 g/mol. The quantitative estimate of drug-likeness (QED) is 0.168. The Hall–Kier alpha value is -8.19. The van der Waals surface area contributed by atoms with E-state index in [1.807, 2.05) is 35.6 Å². The summed E-state index contributed by atoms with van der Waals surface area (Å²) in [4.78, 5) is 15.4. The zero-order chi connectivity index (χ0) is 41.4. The minimum absolute atomic E-state index is 0.630. The van der Waals surface area contributed by atoms with Crippen LogP contribution in [0.2, 0.25) is 0 Å². The summed E-state index contributed by atoms with van der Waals surface area (Å²) in [6.07, 6.45) is 0. The summed E-state index contributed by atoms with van der Waals surface area (Å²) in [7, 11) is 0. The van der Waals surface area contributed by atoms with E-state index < -0.39 is 0 Å². The van der Waals surface area contributed by atoms with E-state index in [0.717, 1.165) is 44.4 Å². The highest BCUT2D eigenvalue weighted by Gasteiger charge is 2.22. The lowest BCUT2D eigenvalue weighted by Crippen LogP contribution is -2.00. The normalized spacial score (nSPS) is 11.8. The molecule has 0 saturated carbocycles. The Morgan fingerprint density at radius 2 is 0.873 bits per heavy atom. The fourth-order valence-electron chi connectivity index (χ4n) is 9.53. The van der Waals surface area contributed by atoms with E-state index in [1.54, 1.807) is 0 Å². The molecular weight excluding hydrogens is 787 g/mol. The molecule has 9 aromatic carbocycles. The molecule has 0 atom stereocenters. The van der Waals surface area contributed by atoms with Crippen LogP contribution in [0.1, 0.15) is 0 Å². The number of para-hydroxylation sites is 3. The number of hydrogen-bond donors (Lipinski definition) is 0. The molecule has 5 nitrogen and oxygen atoms in total. The molecular formula is C57H35N5S. The van der Waals surface area contributed by atoms with Gasteiger partial charge in [0.05, 0.1) is 32.5 Å². The number of fused-ring (bicyclic) bond motifs is 10. The van der Waals surface area contributed by atoms with Crippen molar-refractivity contribution in [2.45, 2.75) is 0 Å². The molecule has 0 spiro atoms. The van der Waals surface area contributed by atoms with Gasteiger partial charge in [-0.15, -0.1) is 11.3 Å². The van der Waals surface area contributed by atoms with Crippen molar-refractivity contribution in [3.63, 3.8) is 0 Å². The average molecular weight is 822 g/mol. The van der Waals surface area contributed by atoms with Crippen molar-refractivity contribution in [2.24, 2.45) is 0 Å². The third-order valence-corrected chi connectivity index (χ3v) is 13.5. The van der Waals surface area contributed by atoms with Crippen molar-refractivity contribution in [1.29, 1.82) is 0 Å². The highest BCUT2D eigenvalue weighted by molar-refractivity contribution is 7.26. The number of aromatic nitrogens is 5. The summed E-state index contributed by atoms with van der Waals surface area (Å²) in [5.41, 5.74) is 12.1. The second-order valence-electron chi connectivity index (χ2n) is 16.0. The number of rotatable bonds is 6. The molecule has 6 heteroatoms. The molecule has 4 heterocycles. The topological polar surface area (TPSA) is 48.5 Å². The molecule has 4 aromatic heterocycles. The maximum atomic E-state index is 5.21. The standard InChI is InChI=1S/C57H35N5S/c1-4-16-36(17-5-1)38-20-14-21-39(34-38)56-58-55(37-18-6-2-7-19-37)59-57(60-56)40-30-33-49-46(35-40)44-31-32-45-52-50(62-47-26-12-10-24-42(47)43-25-11-13-27-48(43)62)28-15-29-51(52)63-54(45)53(44)61(49)41-22-8-3-9-23-41/h1-35H. The van der Waals surface area contributed by atoms with Crippen LogP contribution in [0.5, 0.6) is 0 Å². The second-order valence-corrected chi connectivity index (χ2v) is 17.0. The Balaban J connectivity index is 1.05. The largest absolute Gasteiger partial charge is 0.309 e. The second kappa shape index (κ2) is 14.2. The van der Waals surface area contributed by atoms with E-state index in [-0.39, 0.29) is 0 Å². The predicted octanol–water partition coefficient (Wildman–Crippen LogP) is 15.1. The van der Waals surface area contributed by atoms with E-state index in [1.165, 1.54) is 58.6 Å². The molecule has 0 aliphatic carbocycles. The van der Waals surface area contributed by atoms with Crippen LogP contribution < -0.4 is 0 Å². The van der Waals surface area contributed by atoms with Crippen LogP contribution in [0, 0.1) is 0 Å². The van der Waals surface area contributed by atoms with Crippen molar-refractivity contribution >= 4 is 75.1 Å². The molecule has 0 bridgehead atoms. The third-order valence-electron chi connectivity index (χ3n) is 12.4. The van der Waals surface area contributed by atoms with Crippen molar-refractivity contribution in [2.75, 3.05) is 0 Å². The van der Waals surface area contributed by atoms with Gasteiger partial charge in [0.1, 0.15) is 0 Å². The molecule has 13 aromatic rings. The van der Waals surface area contributed by atoms with Gasteiger partial charge in [0, 0.05) is 59.4 Å². The van der Waals surface area contributed by atoms with Gasteiger partial charge < -0.3 is 9.13 Å². The van der Waals surface area contributed by atoms with Gasteiger partial charge in [-0.05, 0) is 71.8 Å². The third kappa shape index (κ3) is 5.66. The molecule has 13 rings (SSSR count). The summed E-state index contributed by atoms with van der Waals surface area (Å²) in [6, 6.07) is 75.4. The van der Waals surface area contributed by atoms with Crippen LogP contribution in [-0.2, 0) is 0 Å². The van der Waals surface area contributed by atoms with E-state index in [4.69, 9.17) is 15.0 Å². The lowest BCUT2D eigenvalue weighted by molar-refractivity contribution is 1.07. The fraction of sp³-hybridized carbons (Fsp3) is 0. The summed E-state index contributed by atoms with van der Waals surface area (Å²) < 4.78 is 7.40. The van der Waals surface area contributed by atoms with Gasteiger partial charge in [-0.1, -0.05) is 152 Å². The Kier molecular flexibility index (Phi) is 8.01. The molecule has 0 fully saturated rings. The van der Waals surface area contributed by atoms with Crippen LogP contribution in [-0.4, -0.2) is 24.1 Å². The predicted molar refractivity (Wildman–Crippen MR) is 263 cm³/mol. The van der Waals surface area contributed by atoms with Gasteiger partial charge >= 0.3 is 0 Å². The summed E-state index contributed by atoms with van der Waals surface area (Å²) in [5, 5.41) is 7.35. The minimum atomic E-state index is 0.630. The van der Waals surface area contributed by atoms with Gasteiger partial charge in [-0.2, -0.15) is 0 Å². The van der Waals surface area contributed by atoms with Gasteiger partial charge in [0.15, 0.2) is 17.5 Å². The zero-order valence-electron chi connectivity index (χ0n) is 33.9. The molecule has 0 radical (unpaired) electrons. The summed E-state index contributed by atoms with van der Waals surface area (Å²) >= 11 is 1.87. The number of benzene rings is 9. The lowest BCUT2D eigenvalue weighted by Gasteiger charge is -2.11. The number of nitrogens with zero attached hydrogens (tertiary/aromatic N) is 5. The molecule has 0 saturated heterocycles. The van der Waals surface area contributed by atoms with Gasteiger partial charge in [0.25, 0.3) is 0 Å². The molecule has 0 aliphatic heterocycles. The molecule has 0 unspecified atom stereocenters. The van der Waals surface area contributed by atoms with Crippen molar-refractivity contribution in [3.05, 3.63) is 212 Å². The lowest BCUT2D eigenvalue weighted by atomic mass is 10.0. The first-order chi connectivity index (χ1) is 31.2. The summed E-state index contributed by atoms with van der Waals surface area (Å²) in [5.74, 6) is 1.90. The van der Waals surface area contributed by atoms with Crippen molar-refractivity contribution in [1.82, 2.24) is 24.1 Å². The van der Waals surface area contributed by atoms with Crippen molar-refractivity contribution in [3.8, 4) is 56.7 Å². The van der Waals surface area contributed by atoms with Gasteiger partial charge in [-0.25, -0.2) is 15.0 Å². The Labute approximate surface area is 366 Å². The molecule has 63 heavy (non-hydrogen) atoms. The Bertz CT molecular complexity index is 3850. The van der Waals surface area contributed by atoms with Crippen molar-refractivity contribution < 1.29 is 0 Å². The van der Waals surface area contributed by atoms with Crippen LogP contribution in [0.4, 0.5) is 0 Å². The summed E-state index contributed by atoms with van der Waals surface area (Å²) in [6.45, 7) is 0. The van der Waals surface area contributed by atoms with E-state index in [2.05, 4.69) is 197 Å². The Morgan fingerprint density at radius 1 is 0.333 bits per heavy atom.